The summed E-state index contributed by atoms with van der Waals surface area (Å²) in [6.45, 7) is 3.77. The van der Waals surface area contributed by atoms with Crippen molar-refractivity contribution in [2.24, 2.45) is 11.8 Å². The second kappa shape index (κ2) is 6.18. The Labute approximate surface area is 108 Å². The summed E-state index contributed by atoms with van der Waals surface area (Å²) in [5, 5.41) is 11.6. The number of rotatable bonds is 5. The molecule has 5 nitrogen and oxygen atoms in total. The molecule has 0 spiro atoms. The molecule has 2 unspecified atom stereocenters. The first-order valence-corrected chi connectivity index (χ1v) is 6.91. The molecule has 1 saturated heterocycles. The topological polar surface area (TPSA) is 69.6 Å². The summed E-state index contributed by atoms with van der Waals surface area (Å²) in [5.74, 6) is -1.66. The average molecular weight is 254 g/mol. The van der Waals surface area contributed by atoms with Crippen molar-refractivity contribution in [2.45, 2.75) is 32.1 Å². The third-order valence-corrected chi connectivity index (χ3v) is 3.87. The van der Waals surface area contributed by atoms with Crippen molar-refractivity contribution in [1.29, 1.82) is 0 Å². The van der Waals surface area contributed by atoms with Gasteiger partial charge in [0, 0.05) is 13.1 Å². The fraction of sp³-hybridized carbons (Fsp3) is 0.846. The molecule has 0 bridgehead atoms. The highest BCUT2D eigenvalue weighted by molar-refractivity contribution is 5.89. The molecule has 0 aromatic carbocycles. The normalized spacial score (nSPS) is 28.4. The number of hydrogen-bond acceptors (Lipinski definition) is 3. The third-order valence-electron chi connectivity index (χ3n) is 3.87. The molecule has 0 radical (unpaired) electrons. The molecule has 1 aliphatic heterocycles. The molecule has 1 heterocycles. The fourth-order valence-electron chi connectivity index (χ4n) is 2.59. The van der Waals surface area contributed by atoms with Gasteiger partial charge in [-0.15, -0.1) is 0 Å². The molecule has 1 saturated carbocycles. The van der Waals surface area contributed by atoms with Crippen molar-refractivity contribution in [1.82, 2.24) is 10.2 Å². The first-order valence-electron chi connectivity index (χ1n) is 6.91. The van der Waals surface area contributed by atoms with Crippen molar-refractivity contribution in [3.63, 3.8) is 0 Å². The minimum Gasteiger partial charge on any atom is -0.481 e. The zero-order valence-electron chi connectivity index (χ0n) is 10.7. The number of likely N-dealkylation sites (tertiary alicyclic amines) is 1. The summed E-state index contributed by atoms with van der Waals surface area (Å²) < 4.78 is 0. The summed E-state index contributed by atoms with van der Waals surface area (Å²) in [7, 11) is 0. The van der Waals surface area contributed by atoms with Gasteiger partial charge in [-0.05, 0) is 32.4 Å². The van der Waals surface area contributed by atoms with Crippen molar-refractivity contribution in [3.05, 3.63) is 0 Å². The Balaban J connectivity index is 1.60. The lowest BCUT2D eigenvalue weighted by Crippen LogP contribution is -2.36. The van der Waals surface area contributed by atoms with E-state index in [-0.39, 0.29) is 11.8 Å². The average Bonchev–Trinajstić information content (AvgIpc) is 3.14. The fourth-order valence-corrected chi connectivity index (χ4v) is 2.59. The second-order valence-corrected chi connectivity index (χ2v) is 5.33. The summed E-state index contributed by atoms with van der Waals surface area (Å²) >= 11 is 0. The van der Waals surface area contributed by atoms with Gasteiger partial charge in [0.05, 0.1) is 11.8 Å². The van der Waals surface area contributed by atoms with Crippen LogP contribution in [-0.4, -0.2) is 48.1 Å². The standard InChI is InChI=1S/C13H22N2O3/c16-12(10-9-11(10)13(17)18)14-5-8-15-6-3-1-2-4-7-15/h10-11H,1-9H2,(H,14,16)(H,17,18). The predicted molar refractivity (Wildman–Crippen MR) is 67.2 cm³/mol. The highest BCUT2D eigenvalue weighted by Crippen LogP contribution is 2.38. The molecule has 1 amide bonds. The summed E-state index contributed by atoms with van der Waals surface area (Å²) in [4.78, 5) is 24.7. The van der Waals surface area contributed by atoms with Crippen molar-refractivity contribution < 1.29 is 14.7 Å². The molecule has 5 heteroatoms. The number of carboxylic acids is 1. The van der Waals surface area contributed by atoms with Crippen LogP contribution < -0.4 is 5.32 Å². The van der Waals surface area contributed by atoms with E-state index in [1.165, 1.54) is 25.7 Å². The molecule has 2 fully saturated rings. The largest absolute Gasteiger partial charge is 0.481 e. The number of nitrogens with zero attached hydrogens (tertiary/aromatic N) is 1. The minimum atomic E-state index is -0.845. The SMILES string of the molecule is O=C(O)C1CC1C(=O)NCCN1CCCCCC1. The van der Waals surface area contributed by atoms with Crippen molar-refractivity contribution >= 4 is 11.9 Å². The maximum atomic E-state index is 11.6. The van der Waals surface area contributed by atoms with Crippen molar-refractivity contribution in [3.8, 4) is 0 Å². The van der Waals surface area contributed by atoms with Gasteiger partial charge in [-0.25, -0.2) is 0 Å². The lowest BCUT2D eigenvalue weighted by atomic mass is 10.2. The van der Waals surface area contributed by atoms with E-state index in [9.17, 15) is 9.59 Å². The van der Waals surface area contributed by atoms with Crippen LogP contribution in [0.2, 0.25) is 0 Å². The Kier molecular flexibility index (Phi) is 4.58. The van der Waals surface area contributed by atoms with E-state index in [0.717, 1.165) is 19.6 Å². The van der Waals surface area contributed by atoms with E-state index < -0.39 is 11.9 Å². The van der Waals surface area contributed by atoms with E-state index in [1.807, 2.05) is 0 Å². The molecular weight excluding hydrogens is 232 g/mol. The molecule has 18 heavy (non-hydrogen) atoms. The van der Waals surface area contributed by atoms with Gasteiger partial charge in [0.2, 0.25) is 5.91 Å². The molecule has 2 rings (SSSR count). The van der Waals surface area contributed by atoms with Gasteiger partial charge in [0.25, 0.3) is 0 Å². The van der Waals surface area contributed by atoms with Crippen LogP contribution in [0.5, 0.6) is 0 Å². The van der Waals surface area contributed by atoms with Crippen molar-refractivity contribution in [2.75, 3.05) is 26.2 Å². The van der Waals surface area contributed by atoms with Gasteiger partial charge >= 0.3 is 5.97 Å². The molecule has 2 aliphatic rings. The zero-order chi connectivity index (χ0) is 13.0. The van der Waals surface area contributed by atoms with Crippen LogP contribution in [0.25, 0.3) is 0 Å². The zero-order valence-corrected chi connectivity index (χ0v) is 10.7. The number of aliphatic carboxylic acids is 1. The van der Waals surface area contributed by atoms with Crippen LogP contribution in [0, 0.1) is 11.8 Å². The monoisotopic (exact) mass is 254 g/mol. The Hall–Kier alpha value is -1.10. The summed E-state index contributed by atoms with van der Waals surface area (Å²) in [6, 6.07) is 0. The molecule has 2 atom stereocenters. The molecule has 102 valence electrons. The van der Waals surface area contributed by atoms with E-state index >= 15 is 0 Å². The highest BCUT2D eigenvalue weighted by Gasteiger charge is 2.48. The number of hydrogen-bond donors (Lipinski definition) is 2. The highest BCUT2D eigenvalue weighted by atomic mass is 16.4. The Bertz CT molecular complexity index is 311. The van der Waals surface area contributed by atoms with E-state index in [0.29, 0.717) is 13.0 Å². The van der Waals surface area contributed by atoms with Crippen LogP contribution in [0.15, 0.2) is 0 Å². The van der Waals surface area contributed by atoms with Crippen LogP contribution in [0.4, 0.5) is 0 Å². The maximum absolute atomic E-state index is 11.6. The Morgan fingerprint density at radius 3 is 2.33 bits per heavy atom. The third kappa shape index (κ3) is 3.70. The predicted octanol–water partition coefficient (Wildman–Crippen LogP) is 0.699. The number of amides is 1. The van der Waals surface area contributed by atoms with E-state index in [1.54, 1.807) is 0 Å². The first-order chi connectivity index (χ1) is 8.68. The van der Waals surface area contributed by atoms with E-state index in [4.69, 9.17) is 5.11 Å². The van der Waals surface area contributed by atoms with Gasteiger partial charge in [-0.2, -0.15) is 0 Å². The summed E-state index contributed by atoms with van der Waals surface area (Å²) in [6.07, 6.45) is 5.62. The van der Waals surface area contributed by atoms with Crippen LogP contribution in [-0.2, 0) is 9.59 Å². The summed E-state index contributed by atoms with van der Waals surface area (Å²) in [5.41, 5.74) is 0. The second-order valence-electron chi connectivity index (χ2n) is 5.33. The molecule has 1 aliphatic carbocycles. The first kappa shape index (κ1) is 13.3. The molecule has 2 N–H and O–H groups in total. The van der Waals surface area contributed by atoms with Crippen LogP contribution in [0.3, 0.4) is 0 Å². The van der Waals surface area contributed by atoms with Gasteiger partial charge in [0.15, 0.2) is 0 Å². The Morgan fingerprint density at radius 1 is 1.11 bits per heavy atom. The minimum absolute atomic E-state index is 0.0859. The number of nitrogens with one attached hydrogen (secondary N) is 1. The van der Waals surface area contributed by atoms with Gasteiger partial charge in [-0.3, -0.25) is 9.59 Å². The quantitative estimate of drug-likeness (QED) is 0.757. The van der Waals surface area contributed by atoms with Gasteiger partial charge < -0.3 is 15.3 Å². The smallest absolute Gasteiger partial charge is 0.307 e. The number of carboxylic acid groups (broad SMARTS) is 1. The van der Waals surface area contributed by atoms with E-state index in [2.05, 4.69) is 10.2 Å². The van der Waals surface area contributed by atoms with Crippen LogP contribution in [0.1, 0.15) is 32.1 Å². The van der Waals surface area contributed by atoms with Crippen LogP contribution >= 0.6 is 0 Å². The maximum Gasteiger partial charge on any atom is 0.307 e. The van der Waals surface area contributed by atoms with Gasteiger partial charge in [0.1, 0.15) is 0 Å². The number of carbonyl (C=O) groups excluding carboxylic acids is 1. The Morgan fingerprint density at radius 2 is 1.78 bits per heavy atom. The van der Waals surface area contributed by atoms with Gasteiger partial charge in [-0.1, -0.05) is 12.8 Å². The lowest BCUT2D eigenvalue weighted by molar-refractivity contribution is -0.140. The molecule has 0 aromatic rings. The molecule has 0 aromatic heterocycles. The molecular formula is C13H22N2O3. The lowest BCUT2D eigenvalue weighted by Gasteiger charge is -2.19. The number of carbonyl (C=O) groups is 2.